The molecule has 3 amide bonds. The van der Waals surface area contributed by atoms with Gasteiger partial charge in [-0.25, -0.2) is 0 Å². The molecule has 1 heterocycles. The van der Waals surface area contributed by atoms with Crippen molar-refractivity contribution in [1.29, 1.82) is 0 Å². The van der Waals surface area contributed by atoms with Gasteiger partial charge >= 0.3 is 0 Å². The zero-order chi connectivity index (χ0) is 22.0. The second-order valence-electron chi connectivity index (χ2n) is 6.74. The third-order valence-electron chi connectivity index (χ3n) is 4.71. The smallest absolute Gasteiger partial charge is 0.294 e. The van der Waals surface area contributed by atoms with E-state index in [0.717, 1.165) is 37.5 Å². The summed E-state index contributed by atoms with van der Waals surface area (Å²) in [6.45, 7) is -0.350. The molecule has 0 spiro atoms. The quantitative estimate of drug-likeness (QED) is 0.485. The molecule has 8 heteroatoms. The van der Waals surface area contributed by atoms with Gasteiger partial charge in [-0.05, 0) is 62.9 Å². The van der Waals surface area contributed by atoms with Gasteiger partial charge in [-0.3, -0.25) is 19.3 Å². The van der Waals surface area contributed by atoms with E-state index >= 15 is 0 Å². The number of carbonyl (C=O) groups excluding carboxylic acids is 3. The first-order chi connectivity index (χ1) is 15.0. The number of ether oxygens (including phenoxy) is 1. The van der Waals surface area contributed by atoms with Crippen LogP contribution in [-0.4, -0.2) is 35.6 Å². The maximum atomic E-state index is 12.7. The first-order valence-corrected chi connectivity index (χ1v) is 10.9. The Morgan fingerprint density at radius 2 is 1.90 bits per heavy atom. The average Bonchev–Trinajstić information content (AvgIpc) is 3.01. The van der Waals surface area contributed by atoms with Gasteiger partial charge in [0.25, 0.3) is 11.1 Å². The molecule has 1 fully saturated rings. The SMILES string of the molecule is COc1ccc(/C=C2/SC(=O)N(CC(=O)Nc3cccc4ccccc34)C2=O)cc1Br. The lowest BCUT2D eigenvalue weighted by Crippen LogP contribution is -2.36. The molecule has 0 radical (unpaired) electrons. The summed E-state index contributed by atoms with van der Waals surface area (Å²) in [5, 5.41) is 4.20. The molecule has 156 valence electrons. The Morgan fingerprint density at radius 1 is 1.13 bits per heavy atom. The highest BCUT2D eigenvalue weighted by molar-refractivity contribution is 9.10. The minimum Gasteiger partial charge on any atom is -0.496 e. The largest absolute Gasteiger partial charge is 0.496 e. The topological polar surface area (TPSA) is 75.7 Å². The second kappa shape index (κ2) is 8.95. The van der Waals surface area contributed by atoms with Crippen molar-refractivity contribution in [1.82, 2.24) is 4.90 Å². The summed E-state index contributed by atoms with van der Waals surface area (Å²) in [5.41, 5.74) is 1.37. The number of imide groups is 1. The maximum Gasteiger partial charge on any atom is 0.294 e. The zero-order valence-corrected chi connectivity index (χ0v) is 18.8. The number of hydrogen-bond donors (Lipinski definition) is 1. The molecule has 0 unspecified atom stereocenters. The fraction of sp³-hybridized carbons (Fsp3) is 0.0870. The second-order valence-corrected chi connectivity index (χ2v) is 8.58. The number of methoxy groups -OCH3 is 1. The van der Waals surface area contributed by atoms with Crippen LogP contribution in [0.15, 0.2) is 70.0 Å². The van der Waals surface area contributed by atoms with Crippen LogP contribution in [0, 0.1) is 0 Å². The van der Waals surface area contributed by atoms with E-state index in [9.17, 15) is 14.4 Å². The zero-order valence-electron chi connectivity index (χ0n) is 16.4. The molecular formula is C23H17BrN2O4S. The van der Waals surface area contributed by atoms with Crippen molar-refractivity contribution in [2.45, 2.75) is 0 Å². The fourth-order valence-corrected chi connectivity index (χ4v) is 4.62. The molecule has 0 atom stereocenters. The predicted octanol–water partition coefficient (Wildman–Crippen LogP) is 5.29. The molecule has 0 bridgehead atoms. The van der Waals surface area contributed by atoms with E-state index < -0.39 is 17.1 Å². The molecule has 31 heavy (non-hydrogen) atoms. The number of halogens is 1. The van der Waals surface area contributed by atoms with E-state index in [1.807, 2.05) is 36.4 Å². The highest BCUT2D eigenvalue weighted by Crippen LogP contribution is 2.34. The molecule has 1 saturated heterocycles. The Bertz CT molecular complexity index is 1240. The summed E-state index contributed by atoms with van der Waals surface area (Å²) in [4.78, 5) is 38.9. The summed E-state index contributed by atoms with van der Waals surface area (Å²) >= 11 is 4.22. The minimum atomic E-state index is -0.491. The van der Waals surface area contributed by atoms with Crippen molar-refractivity contribution < 1.29 is 19.1 Å². The molecule has 6 nitrogen and oxygen atoms in total. The number of amides is 3. The molecule has 0 aliphatic carbocycles. The van der Waals surface area contributed by atoms with Gasteiger partial charge in [0.1, 0.15) is 12.3 Å². The minimum absolute atomic E-state index is 0.264. The molecule has 0 aromatic heterocycles. The van der Waals surface area contributed by atoms with Crippen molar-refractivity contribution in [2.75, 3.05) is 19.0 Å². The van der Waals surface area contributed by atoms with Crippen molar-refractivity contribution in [3.63, 3.8) is 0 Å². The van der Waals surface area contributed by atoms with Gasteiger partial charge in [0.15, 0.2) is 0 Å². The Balaban J connectivity index is 1.49. The standard InChI is InChI=1S/C23H17BrN2O4S/c1-30-19-10-9-14(11-17(19)24)12-20-22(28)26(23(29)31-20)13-21(27)25-18-8-4-6-15-5-2-3-7-16(15)18/h2-12H,13H2,1H3,(H,25,27)/b20-12+. The van der Waals surface area contributed by atoms with Crippen molar-refractivity contribution in [2.24, 2.45) is 0 Å². The summed E-state index contributed by atoms with van der Waals surface area (Å²) < 4.78 is 5.93. The van der Waals surface area contributed by atoms with Crippen molar-refractivity contribution in [3.8, 4) is 5.75 Å². The van der Waals surface area contributed by atoms with Crippen molar-refractivity contribution in [3.05, 3.63) is 75.6 Å². The Kier molecular flexibility index (Phi) is 6.11. The van der Waals surface area contributed by atoms with Crippen LogP contribution in [0.3, 0.4) is 0 Å². The molecule has 3 aromatic carbocycles. The molecule has 1 N–H and O–H groups in total. The summed E-state index contributed by atoms with van der Waals surface area (Å²) in [6, 6.07) is 18.6. The number of rotatable bonds is 5. The normalized spacial score (nSPS) is 15.0. The van der Waals surface area contributed by atoms with Gasteiger partial charge in [-0.15, -0.1) is 0 Å². The number of carbonyl (C=O) groups is 3. The lowest BCUT2D eigenvalue weighted by atomic mass is 10.1. The number of fused-ring (bicyclic) bond motifs is 1. The van der Waals surface area contributed by atoms with Crippen LogP contribution in [-0.2, 0) is 9.59 Å². The van der Waals surface area contributed by atoms with E-state index in [0.29, 0.717) is 11.4 Å². The van der Waals surface area contributed by atoms with Gasteiger partial charge < -0.3 is 10.1 Å². The molecule has 4 rings (SSSR count). The first-order valence-electron chi connectivity index (χ1n) is 9.33. The number of thioether (sulfide) groups is 1. The lowest BCUT2D eigenvalue weighted by molar-refractivity contribution is -0.127. The Morgan fingerprint density at radius 3 is 2.68 bits per heavy atom. The summed E-state index contributed by atoms with van der Waals surface area (Å²) in [7, 11) is 1.56. The van der Waals surface area contributed by atoms with Crippen LogP contribution in [0.1, 0.15) is 5.56 Å². The number of nitrogens with zero attached hydrogens (tertiary/aromatic N) is 1. The van der Waals surface area contributed by atoms with Crippen LogP contribution in [0.25, 0.3) is 16.8 Å². The average molecular weight is 497 g/mol. The van der Waals surface area contributed by atoms with E-state index in [2.05, 4.69) is 21.2 Å². The molecule has 3 aromatic rings. The number of hydrogen-bond acceptors (Lipinski definition) is 5. The van der Waals surface area contributed by atoms with Gasteiger partial charge in [0, 0.05) is 11.1 Å². The first kappa shape index (κ1) is 21.1. The van der Waals surface area contributed by atoms with E-state index in [1.54, 1.807) is 37.5 Å². The summed E-state index contributed by atoms with van der Waals surface area (Å²) in [6.07, 6.45) is 1.62. The van der Waals surface area contributed by atoms with Crippen LogP contribution < -0.4 is 10.1 Å². The van der Waals surface area contributed by atoms with Crippen LogP contribution in [0.2, 0.25) is 0 Å². The molecule has 1 aliphatic heterocycles. The van der Waals surface area contributed by atoms with Gasteiger partial charge in [-0.1, -0.05) is 42.5 Å². The van der Waals surface area contributed by atoms with Gasteiger partial charge in [0.05, 0.1) is 16.5 Å². The van der Waals surface area contributed by atoms with E-state index in [4.69, 9.17) is 4.74 Å². The maximum absolute atomic E-state index is 12.7. The van der Waals surface area contributed by atoms with Crippen molar-refractivity contribution >= 4 is 67.3 Å². The van der Waals surface area contributed by atoms with E-state index in [1.165, 1.54) is 0 Å². The third-order valence-corrected chi connectivity index (χ3v) is 6.24. The fourth-order valence-electron chi connectivity index (χ4n) is 3.23. The monoisotopic (exact) mass is 496 g/mol. The molecular weight excluding hydrogens is 480 g/mol. The van der Waals surface area contributed by atoms with Crippen LogP contribution in [0.5, 0.6) is 5.75 Å². The third kappa shape index (κ3) is 4.50. The number of anilines is 1. The molecule has 0 saturated carbocycles. The Hall–Kier alpha value is -3.10. The van der Waals surface area contributed by atoms with Gasteiger partial charge in [0.2, 0.25) is 5.91 Å². The van der Waals surface area contributed by atoms with Crippen LogP contribution >= 0.6 is 27.7 Å². The highest BCUT2D eigenvalue weighted by atomic mass is 79.9. The highest BCUT2D eigenvalue weighted by Gasteiger charge is 2.36. The number of benzene rings is 3. The predicted molar refractivity (Wildman–Crippen MR) is 126 cm³/mol. The lowest BCUT2D eigenvalue weighted by Gasteiger charge is -2.13. The Labute approximate surface area is 191 Å². The van der Waals surface area contributed by atoms with Crippen LogP contribution in [0.4, 0.5) is 10.5 Å². The molecule has 1 aliphatic rings. The number of nitrogens with one attached hydrogen (secondary N) is 1. The van der Waals surface area contributed by atoms with Gasteiger partial charge in [-0.2, -0.15) is 0 Å². The van der Waals surface area contributed by atoms with E-state index in [-0.39, 0.29) is 11.4 Å². The summed E-state index contributed by atoms with van der Waals surface area (Å²) in [5.74, 6) is -0.266.